The summed E-state index contributed by atoms with van der Waals surface area (Å²) in [5.41, 5.74) is 1.65. The number of nitrogens with one attached hydrogen (secondary N) is 2. The smallest absolute Gasteiger partial charge is 0.268 e. The van der Waals surface area contributed by atoms with Crippen LogP contribution in [0.3, 0.4) is 0 Å². The summed E-state index contributed by atoms with van der Waals surface area (Å²) in [6, 6.07) is 9.71. The van der Waals surface area contributed by atoms with Gasteiger partial charge in [-0.1, -0.05) is 22.0 Å². The van der Waals surface area contributed by atoms with Crippen LogP contribution in [-0.4, -0.2) is 9.97 Å². The van der Waals surface area contributed by atoms with Gasteiger partial charge < -0.3 is 10.3 Å². The molecule has 19 heavy (non-hydrogen) atoms. The van der Waals surface area contributed by atoms with Crippen molar-refractivity contribution in [2.75, 3.05) is 5.32 Å². The lowest BCUT2D eigenvalue weighted by molar-refractivity contribution is 0.955. The second-order valence-corrected chi connectivity index (χ2v) is 5.84. The maximum atomic E-state index is 11.8. The van der Waals surface area contributed by atoms with E-state index in [0.717, 1.165) is 15.7 Å². The minimum Gasteiger partial charge on any atom is -0.378 e. The molecule has 0 aliphatic heterocycles. The first kappa shape index (κ1) is 12.4. The van der Waals surface area contributed by atoms with Crippen LogP contribution in [0, 0.1) is 0 Å². The number of fused-ring (bicyclic) bond motifs is 1. The summed E-state index contributed by atoms with van der Waals surface area (Å²) in [6.45, 7) is 0.484. The van der Waals surface area contributed by atoms with Crippen LogP contribution in [0.2, 0.25) is 0 Å². The third-order valence-electron chi connectivity index (χ3n) is 2.65. The van der Waals surface area contributed by atoms with Crippen molar-refractivity contribution in [3.63, 3.8) is 0 Å². The van der Waals surface area contributed by atoms with Crippen molar-refractivity contribution in [1.82, 2.24) is 9.97 Å². The number of aromatic nitrogens is 2. The van der Waals surface area contributed by atoms with Gasteiger partial charge in [-0.25, -0.2) is 4.98 Å². The number of aromatic amines is 1. The number of halogens is 1. The molecule has 0 amide bonds. The topological polar surface area (TPSA) is 57.8 Å². The second-order valence-electron chi connectivity index (χ2n) is 4.01. The lowest BCUT2D eigenvalue weighted by Crippen LogP contribution is -2.13. The molecule has 0 fully saturated rings. The minimum absolute atomic E-state index is 0.0777. The van der Waals surface area contributed by atoms with Crippen LogP contribution < -0.4 is 10.9 Å². The Kier molecular flexibility index (Phi) is 3.35. The van der Waals surface area contributed by atoms with Crippen molar-refractivity contribution in [3.8, 4) is 0 Å². The SMILES string of the molecule is O=c1[nH]c(CNc2cccc(Br)c2)nc2ccsc12. The Balaban J connectivity index is 1.83. The molecule has 96 valence electrons. The van der Waals surface area contributed by atoms with E-state index < -0.39 is 0 Å². The van der Waals surface area contributed by atoms with Gasteiger partial charge in [-0.2, -0.15) is 0 Å². The lowest BCUT2D eigenvalue weighted by atomic mass is 10.3. The predicted molar refractivity (Wildman–Crippen MR) is 81.7 cm³/mol. The van der Waals surface area contributed by atoms with Crippen LogP contribution in [0.15, 0.2) is 45.0 Å². The van der Waals surface area contributed by atoms with Gasteiger partial charge in [-0.3, -0.25) is 4.79 Å². The number of H-pyrrole nitrogens is 1. The summed E-state index contributed by atoms with van der Waals surface area (Å²) < 4.78 is 1.68. The van der Waals surface area contributed by atoms with E-state index >= 15 is 0 Å². The highest BCUT2D eigenvalue weighted by Crippen LogP contribution is 2.17. The van der Waals surface area contributed by atoms with Gasteiger partial charge in [0.2, 0.25) is 0 Å². The largest absolute Gasteiger partial charge is 0.378 e. The zero-order valence-electron chi connectivity index (χ0n) is 9.81. The van der Waals surface area contributed by atoms with Crippen molar-refractivity contribution < 1.29 is 0 Å². The molecule has 0 saturated carbocycles. The van der Waals surface area contributed by atoms with Gasteiger partial charge in [0.1, 0.15) is 10.5 Å². The summed E-state index contributed by atoms with van der Waals surface area (Å²) >= 11 is 4.82. The van der Waals surface area contributed by atoms with Gasteiger partial charge in [-0.05, 0) is 29.6 Å². The summed E-state index contributed by atoms with van der Waals surface area (Å²) in [6.07, 6.45) is 0. The average molecular weight is 336 g/mol. The maximum Gasteiger partial charge on any atom is 0.268 e. The Morgan fingerprint density at radius 2 is 2.26 bits per heavy atom. The third-order valence-corrected chi connectivity index (χ3v) is 4.04. The number of hydrogen-bond acceptors (Lipinski definition) is 4. The van der Waals surface area contributed by atoms with E-state index in [4.69, 9.17) is 0 Å². The van der Waals surface area contributed by atoms with Crippen LogP contribution in [0.25, 0.3) is 10.2 Å². The molecule has 6 heteroatoms. The highest BCUT2D eigenvalue weighted by molar-refractivity contribution is 9.10. The van der Waals surface area contributed by atoms with Crippen molar-refractivity contribution in [2.24, 2.45) is 0 Å². The summed E-state index contributed by atoms with van der Waals surface area (Å²) in [5, 5.41) is 5.10. The Labute approximate surface area is 121 Å². The summed E-state index contributed by atoms with van der Waals surface area (Å²) in [5.74, 6) is 0.635. The molecule has 0 saturated heterocycles. The van der Waals surface area contributed by atoms with Crippen molar-refractivity contribution in [3.05, 3.63) is 56.4 Å². The molecule has 3 rings (SSSR count). The molecule has 0 radical (unpaired) electrons. The highest BCUT2D eigenvalue weighted by atomic mass is 79.9. The van der Waals surface area contributed by atoms with Crippen molar-refractivity contribution in [2.45, 2.75) is 6.54 Å². The molecule has 2 N–H and O–H groups in total. The highest BCUT2D eigenvalue weighted by Gasteiger charge is 2.04. The van der Waals surface area contributed by atoms with Gasteiger partial charge in [0, 0.05) is 10.2 Å². The normalized spacial score (nSPS) is 10.8. The molecule has 0 aliphatic carbocycles. The van der Waals surface area contributed by atoms with Crippen molar-refractivity contribution >= 4 is 43.2 Å². The fourth-order valence-electron chi connectivity index (χ4n) is 1.79. The van der Waals surface area contributed by atoms with Gasteiger partial charge in [0.05, 0.1) is 12.1 Å². The van der Waals surface area contributed by atoms with E-state index in [1.807, 2.05) is 35.7 Å². The third kappa shape index (κ3) is 2.69. The molecule has 2 heterocycles. The molecule has 1 aromatic carbocycles. The number of anilines is 1. The Morgan fingerprint density at radius 3 is 3.11 bits per heavy atom. The Bertz CT molecular complexity index is 781. The van der Waals surface area contributed by atoms with Gasteiger partial charge >= 0.3 is 0 Å². The molecule has 0 bridgehead atoms. The zero-order valence-corrected chi connectivity index (χ0v) is 12.2. The summed E-state index contributed by atoms with van der Waals surface area (Å²) in [4.78, 5) is 19.0. The lowest BCUT2D eigenvalue weighted by Gasteiger charge is -2.06. The van der Waals surface area contributed by atoms with Gasteiger partial charge in [0.15, 0.2) is 0 Å². The number of nitrogens with zero attached hydrogens (tertiary/aromatic N) is 1. The number of rotatable bonds is 3. The number of thiophene rings is 1. The van der Waals surface area contributed by atoms with E-state index in [0.29, 0.717) is 17.1 Å². The Hall–Kier alpha value is -1.66. The molecular weight excluding hydrogens is 326 g/mol. The first-order chi connectivity index (χ1) is 9.22. The van der Waals surface area contributed by atoms with E-state index in [9.17, 15) is 4.79 Å². The zero-order chi connectivity index (χ0) is 13.2. The van der Waals surface area contributed by atoms with Crippen LogP contribution in [0.4, 0.5) is 5.69 Å². The average Bonchev–Trinajstić information content (AvgIpc) is 2.85. The van der Waals surface area contributed by atoms with Crippen LogP contribution in [0.5, 0.6) is 0 Å². The monoisotopic (exact) mass is 335 g/mol. The van der Waals surface area contributed by atoms with Crippen molar-refractivity contribution in [1.29, 1.82) is 0 Å². The van der Waals surface area contributed by atoms with Crippen LogP contribution in [-0.2, 0) is 6.54 Å². The minimum atomic E-state index is -0.0777. The van der Waals surface area contributed by atoms with Crippen LogP contribution in [0.1, 0.15) is 5.82 Å². The molecule has 0 spiro atoms. The molecular formula is C13H10BrN3OS. The Morgan fingerprint density at radius 1 is 1.37 bits per heavy atom. The maximum absolute atomic E-state index is 11.8. The fraction of sp³-hybridized carbons (Fsp3) is 0.0769. The van der Waals surface area contributed by atoms with Gasteiger partial charge in [0.25, 0.3) is 5.56 Å². The molecule has 3 aromatic rings. The van der Waals surface area contributed by atoms with Gasteiger partial charge in [-0.15, -0.1) is 11.3 Å². The van der Waals surface area contributed by atoms with Crippen LogP contribution >= 0.6 is 27.3 Å². The summed E-state index contributed by atoms with van der Waals surface area (Å²) in [7, 11) is 0. The molecule has 0 unspecified atom stereocenters. The second kappa shape index (κ2) is 5.14. The first-order valence-corrected chi connectivity index (χ1v) is 7.35. The van der Waals surface area contributed by atoms with E-state index in [1.54, 1.807) is 0 Å². The molecule has 0 atom stereocenters. The quantitative estimate of drug-likeness (QED) is 0.771. The fourth-order valence-corrected chi connectivity index (χ4v) is 2.91. The van der Waals surface area contributed by atoms with E-state index in [2.05, 4.69) is 31.2 Å². The molecule has 0 aliphatic rings. The molecule has 2 aromatic heterocycles. The van der Waals surface area contributed by atoms with E-state index in [1.165, 1.54) is 11.3 Å². The van der Waals surface area contributed by atoms with E-state index in [-0.39, 0.29) is 5.56 Å². The predicted octanol–water partition coefficient (Wildman–Crippen LogP) is 3.36. The standard InChI is InChI=1S/C13H10BrN3OS/c14-8-2-1-3-9(6-8)15-7-11-16-10-4-5-19-12(10)13(18)17-11/h1-6,15H,7H2,(H,16,17,18). The number of hydrogen-bond donors (Lipinski definition) is 2. The molecule has 4 nitrogen and oxygen atoms in total. The number of benzene rings is 1. The first-order valence-electron chi connectivity index (χ1n) is 5.68.